The van der Waals surface area contributed by atoms with Crippen LogP contribution in [-0.4, -0.2) is 5.11 Å². The van der Waals surface area contributed by atoms with Crippen LogP contribution in [0.15, 0.2) is 46.2 Å². The number of fused-ring (bicyclic) bond motifs is 1. The minimum atomic E-state index is -0.616. The van der Waals surface area contributed by atoms with Gasteiger partial charge in [-0.25, -0.2) is 0 Å². The highest BCUT2D eigenvalue weighted by Gasteiger charge is 2.14. The lowest BCUT2D eigenvalue weighted by atomic mass is 10.1. The van der Waals surface area contributed by atoms with Crippen molar-refractivity contribution in [3.05, 3.63) is 57.4 Å². The largest absolute Gasteiger partial charge is 0.458 e. The summed E-state index contributed by atoms with van der Waals surface area (Å²) >= 11 is 7.55. The molecule has 0 fully saturated rings. The molecule has 0 aliphatic heterocycles. The maximum atomic E-state index is 10.1. The molecular formula is C14H11ClO2S. The monoisotopic (exact) mass is 278 g/mol. The van der Waals surface area contributed by atoms with E-state index in [0.29, 0.717) is 17.2 Å². The molecule has 1 atom stereocenters. The number of thiophene rings is 1. The Morgan fingerprint density at radius 3 is 2.94 bits per heavy atom. The standard InChI is InChI=1S/C14H11ClO2S/c15-10-3-4-13-9(6-10)7-14(17-13)12(16)8-11-2-1-5-18-11/h1-7,12,16H,8H2. The maximum absolute atomic E-state index is 10.1. The van der Waals surface area contributed by atoms with Gasteiger partial charge in [0.25, 0.3) is 0 Å². The topological polar surface area (TPSA) is 33.4 Å². The lowest BCUT2D eigenvalue weighted by molar-refractivity contribution is 0.153. The number of halogens is 1. The Kier molecular flexibility index (Phi) is 3.12. The van der Waals surface area contributed by atoms with Crippen molar-refractivity contribution in [2.24, 2.45) is 0 Å². The van der Waals surface area contributed by atoms with Crippen molar-refractivity contribution in [1.82, 2.24) is 0 Å². The molecule has 1 N–H and O–H groups in total. The molecule has 3 rings (SSSR count). The van der Waals surface area contributed by atoms with Crippen LogP contribution >= 0.6 is 22.9 Å². The van der Waals surface area contributed by atoms with Crippen molar-refractivity contribution in [2.75, 3.05) is 0 Å². The van der Waals surface area contributed by atoms with Crippen LogP contribution < -0.4 is 0 Å². The Labute approximate surface area is 113 Å². The van der Waals surface area contributed by atoms with Crippen molar-refractivity contribution >= 4 is 33.9 Å². The fraction of sp³-hybridized carbons (Fsp3) is 0.143. The van der Waals surface area contributed by atoms with Crippen LogP contribution in [-0.2, 0) is 6.42 Å². The van der Waals surface area contributed by atoms with Crippen molar-refractivity contribution in [1.29, 1.82) is 0 Å². The molecule has 0 saturated heterocycles. The lowest BCUT2D eigenvalue weighted by Gasteiger charge is -2.04. The average Bonchev–Trinajstić information content (AvgIpc) is 2.96. The van der Waals surface area contributed by atoms with Crippen LogP contribution in [0.1, 0.15) is 16.7 Å². The molecule has 1 unspecified atom stereocenters. The van der Waals surface area contributed by atoms with Crippen molar-refractivity contribution in [2.45, 2.75) is 12.5 Å². The van der Waals surface area contributed by atoms with E-state index in [1.807, 2.05) is 35.7 Å². The third-order valence-corrected chi connectivity index (χ3v) is 3.93. The summed E-state index contributed by atoms with van der Waals surface area (Å²) in [5.41, 5.74) is 0.750. The molecule has 4 heteroatoms. The molecule has 0 bridgehead atoms. The molecule has 0 saturated carbocycles. The first-order valence-corrected chi connectivity index (χ1v) is 6.87. The van der Waals surface area contributed by atoms with Crippen LogP contribution in [0.4, 0.5) is 0 Å². The number of hydrogen-bond donors (Lipinski definition) is 1. The second-order valence-corrected chi connectivity index (χ2v) is 5.60. The van der Waals surface area contributed by atoms with E-state index in [-0.39, 0.29) is 0 Å². The smallest absolute Gasteiger partial charge is 0.134 e. The molecule has 0 radical (unpaired) electrons. The van der Waals surface area contributed by atoms with Crippen LogP contribution in [0.5, 0.6) is 0 Å². The molecule has 0 amide bonds. The molecule has 1 aromatic carbocycles. The summed E-state index contributed by atoms with van der Waals surface area (Å²) in [5, 5.41) is 13.7. The Morgan fingerprint density at radius 1 is 1.28 bits per heavy atom. The molecule has 0 spiro atoms. The van der Waals surface area contributed by atoms with E-state index in [1.54, 1.807) is 17.4 Å². The van der Waals surface area contributed by atoms with Crippen LogP contribution in [0, 0.1) is 0 Å². The molecule has 2 heterocycles. The second kappa shape index (κ2) is 4.76. The Hall–Kier alpha value is -1.29. The minimum absolute atomic E-state index is 0.575. The van der Waals surface area contributed by atoms with E-state index in [1.165, 1.54) is 0 Å². The van der Waals surface area contributed by atoms with E-state index < -0.39 is 6.10 Å². The summed E-state index contributed by atoms with van der Waals surface area (Å²) in [7, 11) is 0. The quantitative estimate of drug-likeness (QED) is 0.769. The van der Waals surface area contributed by atoms with E-state index in [4.69, 9.17) is 16.0 Å². The van der Waals surface area contributed by atoms with Crippen LogP contribution in [0.3, 0.4) is 0 Å². The third kappa shape index (κ3) is 2.29. The summed E-state index contributed by atoms with van der Waals surface area (Å²) in [6.45, 7) is 0. The van der Waals surface area contributed by atoms with Crippen molar-refractivity contribution in [3.63, 3.8) is 0 Å². The predicted molar refractivity (Wildman–Crippen MR) is 74.2 cm³/mol. The highest BCUT2D eigenvalue weighted by Crippen LogP contribution is 2.28. The van der Waals surface area contributed by atoms with Gasteiger partial charge >= 0.3 is 0 Å². The number of aliphatic hydroxyl groups is 1. The third-order valence-electron chi connectivity index (χ3n) is 2.80. The zero-order chi connectivity index (χ0) is 12.5. The first-order valence-electron chi connectivity index (χ1n) is 5.62. The van der Waals surface area contributed by atoms with Gasteiger partial charge in [-0.3, -0.25) is 0 Å². The van der Waals surface area contributed by atoms with E-state index >= 15 is 0 Å². The summed E-state index contributed by atoms with van der Waals surface area (Å²) in [4.78, 5) is 1.14. The number of rotatable bonds is 3. The molecule has 2 nitrogen and oxygen atoms in total. The first-order chi connectivity index (χ1) is 8.72. The highest BCUT2D eigenvalue weighted by atomic mass is 35.5. The molecule has 18 heavy (non-hydrogen) atoms. The van der Waals surface area contributed by atoms with Gasteiger partial charge in [-0.1, -0.05) is 17.7 Å². The van der Waals surface area contributed by atoms with Gasteiger partial charge in [-0.15, -0.1) is 11.3 Å². The van der Waals surface area contributed by atoms with Crippen LogP contribution in [0.25, 0.3) is 11.0 Å². The van der Waals surface area contributed by atoms with E-state index in [9.17, 15) is 5.11 Å². The number of hydrogen-bond acceptors (Lipinski definition) is 3. The van der Waals surface area contributed by atoms with Gasteiger partial charge < -0.3 is 9.52 Å². The maximum Gasteiger partial charge on any atom is 0.134 e. The Bertz CT molecular complexity index is 658. The van der Waals surface area contributed by atoms with E-state index in [0.717, 1.165) is 15.8 Å². The molecule has 0 aliphatic carbocycles. The van der Waals surface area contributed by atoms with Crippen LogP contribution in [0.2, 0.25) is 5.02 Å². The average molecular weight is 279 g/mol. The van der Waals surface area contributed by atoms with Crippen molar-refractivity contribution in [3.8, 4) is 0 Å². The zero-order valence-electron chi connectivity index (χ0n) is 9.47. The van der Waals surface area contributed by atoms with Gasteiger partial charge in [-0.2, -0.15) is 0 Å². The van der Waals surface area contributed by atoms with Gasteiger partial charge in [0.15, 0.2) is 0 Å². The molecule has 2 aromatic heterocycles. The summed E-state index contributed by atoms with van der Waals surface area (Å²) in [5.74, 6) is 0.584. The van der Waals surface area contributed by atoms with Gasteiger partial charge in [-0.05, 0) is 35.7 Å². The first kappa shape index (κ1) is 11.8. The normalized spacial score (nSPS) is 13.0. The predicted octanol–water partition coefficient (Wildman–Crippen LogP) is 4.42. The molecular weight excluding hydrogens is 268 g/mol. The van der Waals surface area contributed by atoms with Gasteiger partial charge in [0.1, 0.15) is 17.4 Å². The SMILES string of the molecule is OC(Cc1cccs1)c1cc2cc(Cl)ccc2o1. The number of aliphatic hydroxyl groups excluding tert-OH is 1. The van der Waals surface area contributed by atoms with E-state index in [2.05, 4.69) is 0 Å². The Morgan fingerprint density at radius 2 is 2.17 bits per heavy atom. The Balaban J connectivity index is 1.89. The summed E-state index contributed by atoms with van der Waals surface area (Å²) in [6, 6.07) is 11.3. The molecule has 3 aromatic rings. The summed E-state index contributed by atoms with van der Waals surface area (Å²) in [6.07, 6.45) is -0.0413. The summed E-state index contributed by atoms with van der Waals surface area (Å²) < 4.78 is 5.63. The lowest BCUT2D eigenvalue weighted by Crippen LogP contribution is -1.98. The van der Waals surface area contributed by atoms with Crippen molar-refractivity contribution < 1.29 is 9.52 Å². The number of furan rings is 1. The minimum Gasteiger partial charge on any atom is -0.458 e. The van der Waals surface area contributed by atoms with Gasteiger partial charge in [0.05, 0.1) is 0 Å². The second-order valence-electron chi connectivity index (χ2n) is 4.13. The zero-order valence-corrected chi connectivity index (χ0v) is 11.0. The molecule has 0 aliphatic rings. The fourth-order valence-electron chi connectivity index (χ4n) is 1.92. The fourth-order valence-corrected chi connectivity index (χ4v) is 2.84. The van der Waals surface area contributed by atoms with Gasteiger partial charge in [0.2, 0.25) is 0 Å². The number of benzene rings is 1. The van der Waals surface area contributed by atoms with Gasteiger partial charge in [0, 0.05) is 21.7 Å². The highest BCUT2D eigenvalue weighted by molar-refractivity contribution is 7.09. The molecule has 92 valence electrons.